The van der Waals surface area contributed by atoms with Gasteiger partial charge < -0.3 is 16.2 Å². The normalized spacial score (nSPS) is 23.5. The minimum atomic E-state index is -3.73. The fraction of sp³-hybridized carbons (Fsp3) is 0.538. The predicted octanol–water partition coefficient (Wildman–Crippen LogP) is 0.879. The lowest BCUT2D eigenvalue weighted by molar-refractivity contribution is 0.105. The van der Waals surface area contributed by atoms with Gasteiger partial charge in [-0.05, 0) is 43.4 Å². The van der Waals surface area contributed by atoms with E-state index < -0.39 is 10.0 Å². The molecule has 7 heteroatoms. The molecule has 1 fully saturated rings. The van der Waals surface area contributed by atoms with E-state index in [9.17, 15) is 13.5 Å². The maximum absolute atomic E-state index is 11.2. The minimum absolute atomic E-state index is 0.00800. The molecule has 20 heavy (non-hydrogen) atoms. The molecule has 0 aromatic heterocycles. The molecule has 0 saturated heterocycles. The van der Waals surface area contributed by atoms with Gasteiger partial charge in [0.25, 0.3) is 0 Å². The first-order valence-electron chi connectivity index (χ1n) is 6.70. The van der Waals surface area contributed by atoms with Crippen molar-refractivity contribution in [2.24, 2.45) is 11.1 Å². The first-order chi connectivity index (χ1) is 9.36. The second kappa shape index (κ2) is 5.99. The van der Waals surface area contributed by atoms with Crippen LogP contribution >= 0.6 is 0 Å². The number of nitrogens with one attached hydrogen (secondary N) is 1. The van der Waals surface area contributed by atoms with Gasteiger partial charge in [0.1, 0.15) is 0 Å². The van der Waals surface area contributed by atoms with E-state index in [1.807, 2.05) is 0 Å². The molecule has 1 aliphatic carbocycles. The van der Waals surface area contributed by atoms with Crippen LogP contribution in [0.4, 0.5) is 11.4 Å². The summed E-state index contributed by atoms with van der Waals surface area (Å²) >= 11 is 0. The second-order valence-electron chi connectivity index (χ2n) is 5.36. The van der Waals surface area contributed by atoms with Crippen molar-refractivity contribution in [3.8, 4) is 0 Å². The molecule has 112 valence electrons. The Kier molecular flexibility index (Phi) is 4.52. The van der Waals surface area contributed by atoms with Gasteiger partial charge in [-0.15, -0.1) is 0 Å². The van der Waals surface area contributed by atoms with Crippen LogP contribution in [-0.4, -0.2) is 26.2 Å². The summed E-state index contributed by atoms with van der Waals surface area (Å²) in [5.74, 6) is 0.413. The molecule has 0 heterocycles. The van der Waals surface area contributed by atoms with Gasteiger partial charge in [-0.3, -0.25) is 0 Å². The first kappa shape index (κ1) is 15.1. The zero-order chi connectivity index (χ0) is 14.8. The Labute approximate surface area is 119 Å². The number of aliphatic hydroxyl groups excluding tert-OH is 1. The number of hydrogen-bond donors (Lipinski definition) is 4. The van der Waals surface area contributed by atoms with Crippen LogP contribution in [0, 0.1) is 5.92 Å². The number of nitrogen functional groups attached to an aromatic ring is 1. The van der Waals surface area contributed by atoms with E-state index in [2.05, 4.69) is 5.32 Å². The molecule has 0 bridgehead atoms. The van der Waals surface area contributed by atoms with Gasteiger partial charge in [0.2, 0.25) is 10.0 Å². The SMILES string of the molecule is Nc1cc(S(N)(=O)=O)ccc1NCC1CCCC(O)C1. The van der Waals surface area contributed by atoms with Crippen LogP contribution < -0.4 is 16.2 Å². The number of sulfonamides is 1. The smallest absolute Gasteiger partial charge is 0.238 e. The third-order valence-corrected chi connectivity index (χ3v) is 4.60. The number of rotatable bonds is 4. The fourth-order valence-electron chi connectivity index (χ4n) is 2.58. The maximum Gasteiger partial charge on any atom is 0.238 e. The van der Waals surface area contributed by atoms with E-state index in [4.69, 9.17) is 10.9 Å². The van der Waals surface area contributed by atoms with Crippen LogP contribution in [0.25, 0.3) is 0 Å². The first-order valence-corrected chi connectivity index (χ1v) is 8.25. The summed E-state index contributed by atoms with van der Waals surface area (Å²) in [7, 11) is -3.73. The van der Waals surface area contributed by atoms with Gasteiger partial charge in [0, 0.05) is 6.54 Å². The van der Waals surface area contributed by atoms with Crippen molar-refractivity contribution in [3.63, 3.8) is 0 Å². The topological polar surface area (TPSA) is 118 Å². The van der Waals surface area contributed by atoms with Crippen molar-refractivity contribution in [2.45, 2.75) is 36.7 Å². The monoisotopic (exact) mass is 299 g/mol. The van der Waals surface area contributed by atoms with Crippen molar-refractivity contribution < 1.29 is 13.5 Å². The van der Waals surface area contributed by atoms with Gasteiger partial charge in [-0.2, -0.15) is 0 Å². The van der Waals surface area contributed by atoms with Gasteiger partial charge >= 0.3 is 0 Å². The molecule has 0 radical (unpaired) electrons. The molecule has 6 N–H and O–H groups in total. The maximum atomic E-state index is 11.2. The molecule has 0 amide bonds. The van der Waals surface area contributed by atoms with Gasteiger partial charge in [-0.1, -0.05) is 6.42 Å². The standard InChI is InChI=1S/C13H21N3O3S/c14-12-7-11(20(15,18)19)4-5-13(12)16-8-9-2-1-3-10(17)6-9/h4-5,7,9-10,16-17H,1-3,6,8,14H2,(H2,15,18,19). The quantitative estimate of drug-likeness (QED) is 0.615. The number of anilines is 2. The fourth-order valence-corrected chi connectivity index (χ4v) is 3.13. The largest absolute Gasteiger partial charge is 0.397 e. The molecule has 0 spiro atoms. The Bertz CT molecular complexity index is 574. The van der Waals surface area contributed by atoms with Gasteiger partial charge in [0.05, 0.1) is 22.4 Å². The Morgan fingerprint density at radius 3 is 2.70 bits per heavy atom. The average molecular weight is 299 g/mol. The third-order valence-electron chi connectivity index (χ3n) is 3.69. The van der Waals surface area contributed by atoms with Crippen molar-refractivity contribution in [2.75, 3.05) is 17.6 Å². The summed E-state index contributed by atoms with van der Waals surface area (Å²) in [5.41, 5.74) is 6.88. The summed E-state index contributed by atoms with van der Waals surface area (Å²) < 4.78 is 22.4. The van der Waals surface area contributed by atoms with E-state index in [-0.39, 0.29) is 11.0 Å². The number of aliphatic hydroxyl groups is 1. The molecule has 2 unspecified atom stereocenters. The predicted molar refractivity (Wildman–Crippen MR) is 78.7 cm³/mol. The average Bonchev–Trinajstić information content (AvgIpc) is 2.36. The van der Waals surface area contributed by atoms with Crippen LogP contribution in [0.2, 0.25) is 0 Å². The third kappa shape index (κ3) is 3.84. The molecule has 2 atom stereocenters. The number of benzene rings is 1. The van der Waals surface area contributed by atoms with Crippen LogP contribution in [0.5, 0.6) is 0 Å². The zero-order valence-corrected chi connectivity index (χ0v) is 12.1. The van der Waals surface area contributed by atoms with Crippen molar-refractivity contribution in [3.05, 3.63) is 18.2 Å². The summed E-state index contributed by atoms with van der Waals surface area (Å²) in [4.78, 5) is 0.00800. The molecule has 6 nitrogen and oxygen atoms in total. The molecule has 1 aromatic rings. The molecule has 1 aliphatic rings. The molecule has 0 aliphatic heterocycles. The highest BCUT2D eigenvalue weighted by Crippen LogP contribution is 2.26. The minimum Gasteiger partial charge on any atom is -0.397 e. The Morgan fingerprint density at radius 2 is 2.10 bits per heavy atom. The Morgan fingerprint density at radius 1 is 1.35 bits per heavy atom. The van der Waals surface area contributed by atoms with Crippen LogP contribution in [0.1, 0.15) is 25.7 Å². The molecule has 1 aromatic carbocycles. The second-order valence-corrected chi connectivity index (χ2v) is 6.92. The van der Waals surface area contributed by atoms with Crippen molar-refractivity contribution in [1.82, 2.24) is 0 Å². The van der Waals surface area contributed by atoms with Crippen molar-refractivity contribution >= 4 is 21.4 Å². The molecular weight excluding hydrogens is 278 g/mol. The Hall–Kier alpha value is -1.31. The lowest BCUT2D eigenvalue weighted by Crippen LogP contribution is -2.25. The van der Waals surface area contributed by atoms with Crippen LogP contribution in [0.3, 0.4) is 0 Å². The van der Waals surface area contributed by atoms with E-state index in [1.165, 1.54) is 12.1 Å². The van der Waals surface area contributed by atoms with E-state index in [0.717, 1.165) is 32.2 Å². The van der Waals surface area contributed by atoms with Gasteiger partial charge in [-0.25, -0.2) is 13.6 Å². The summed E-state index contributed by atoms with van der Waals surface area (Å²) in [6.07, 6.45) is 3.58. The number of hydrogen-bond acceptors (Lipinski definition) is 5. The lowest BCUT2D eigenvalue weighted by atomic mass is 9.87. The molecule has 1 saturated carbocycles. The van der Waals surface area contributed by atoms with E-state index in [1.54, 1.807) is 6.07 Å². The van der Waals surface area contributed by atoms with Crippen LogP contribution in [0.15, 0.2) is 23.1 Å². The summed E-state index contributed by atoms with van der Waals surface area (Å²) in [6.45, 7) is 0.718. The summed E-state index contributed by atoms with van der Waals surface area (Å²) in [5, 5.41) is 17.9. The molecule has 2 rings (SSSR count). The highest BCUT2D eigenvalue weighted by Gasteiger charge is 2.20. The van der Waals surface area contributed by atoms with E-state index >= 15 is 0 Å². The van der Waals surface area contributed by atoms with Gasteiger partial charge in [0.15, 0.2) is 0 Å². The number of nitrogens with two attached hydrogens (primary N) is 2. The highest BCUT2D eigenvalue weighted by molar-refractivity contribution is 7.89. The summed E-state index contributed by atoms with van der Waals surface area (Å²) in [6, 6.07) is 4.41. The Balaban J connectivity index is 2.00. The molecular formula is C13H21N3O3S. The zero-order valence-electron chi connectivity index (χ0n) is 11.2. The van der Waals surface area contributed by atoms with E-state index in [0.29, 0.717) is 17.3 Å². The van der Waals surface area contributed by atoms with Crippen LogP contribution in [-0.2, 0) is 10.0 Å². The number of primary sulfonamides is 1. The lowest BCUT2D eigenvalue weighted by Gasteiger charge is -2.26. The highest BCUT2D eigenvalue weighted by atomic mass is 32.2. The van der Waals surface area contributed by atoms with Crippen molar-refractivity contribution in [1.29, 1.82) is 0 Å².